The molecule has 98 valence electrons. The molecular formula is C14H19NO2S. The molecule has 1 fully saturated rings. The summed E-state index contributed by atoms with van der Waals surface area (Å²) in [6.07, 6.45) is 2.79. The highest BCUT2D eigenvalue weighted by molar-refractivity contribution is 7.92. The van der Waals surface area contributed by atoms with Gasteiger partial charge in [0.25, 0.3) is 0 Å². The molecule has 3 nitrogen and oxygen atoms in total. The molecule has 0 bridgehead atoms. The average molecular weight is 265 g/mol. The van der Waals surface area contributed by atoms with E-state index in [1.165, 1.54) is 11.1 Å². The molecule has 1 aliphatic heterocycles. The number of hydrogen-bond acceptors (Lipinski definition) is 3. The number of rotatable bonds is 4. The fraction of sp³-hybridized carbons (Fsp3) is 0.571. The predicted molar refractivity (Wildman–Crippen MR) is 72.6 cm³/mol. The Hall–Kier alpha value is -0.870. The molecule has 4 heteroatoms. The highest BCUT2D eigenvalue weighted by Crippen LogP contribution is 2.34. The molecule has 1 aliphatic carbocycles. The molecule has 1 aromatic rings. The summed E-state index contributed by atoms with van der Waals surface area (Å²) in [5.74, 6) is 0.955. The van der Waals surface area contributed by atoms with Crippen LogP contribution in [0.25, 0.3) is 0 Å². The van der Waals surface area contributed by atoms with Gasteiger partial charge in [-0.15, -0.1) is 0 Å². The fourth-order valence-electron chi connectivity index (χ4n) is 3.05. The molecule has 1 heterocycles. The summed E-state index contributed by atoms with van der Waals surface area (Å²) in [6, 6.07) is 8.50. The third-order valence-electron chi connectivity index (χ3n) is 4.19. The zero-order valence-corrected chi connectivity index (χ0v) is 11.2. The van der Waals surface area contributed by atoms with Crippen LogP contribution in [0.4, 0.5) is 0 Å². The molecule has 2 atom stereocenters. The van der Waals surface area contributed by atoms with Gasteiger partial charge in [-0.3, -0.25) is 0 Å². The van der Waals surface area contributed by atoms with Gasteiger partial charge >= 0.3 is 0 Å². The summed E-state index contributed by atoms with van der Waals surface area (Å²) in [5, 5.41) is 3.20. The van der Waals surface area contributed by atoms with Crippen LogP contribution in [0, 0.1) is 0 Å². The number of sulfone groups is 1. The number of hydrogen-bond donors (Lipinski definition) is 1. The molecule has 2 aliphatic rings. The van der Waals surface area contributed by atoms with Crippen LogP contribution >= 0.6 is 0 Å². The van der Waals surface area contributed by atoms with Gasteiger partial charge in [0.15, 0.2) is 9.84 Å². The van der Waals surface area contributed by atoms with Crippen molar-refractivity contribution in [1.29, 1.82) is 0 Å². The second-order valence-electron chi connectivity index (χ2n) is 5.39. The average Bonchev–Trinajstić information content (AvgIpc) is 2.64. The van der Waals surface area contributed by atoms with Gasteiger partial charge in [0.2, 0.25) is 0 Å². The van der Waals surface area contributed by atoms with E-state index in [4.69, 9.17) is 0 Å². The van der Waals surface area contributed by atoms with Gasteiger partial charge in [0, 0.05) is 19.0 Å². The fourth-order valence-corrected chi connectivity index (χ4v) is 4.85. The minimum Gasteiger partial charge on any atom is -0.315 e. The Bertz CT molecular complexity index is 538. The van der Waals surface area contributed by atoms with E-state index in [1.807, 2.05) is 0 Å². The van der Waals surface area contributed by atoms with Crippen LogP contribution in [0.1, 0.15) is 29.9 Å². The molecule has 1 N–H and O–H groups in total. The van der Waals surface area contributed by atoms with Gasteiger partial charge in [-0.1, -0.05) is 24.3 Å². The van der Waals surface area contributed by atoms with E-state index in [-0.39, 0.29) is 5.25 Å². The molecule has 1 aromatic carbocycles. The van der Waals surface area contributed by atoms with Gasteiger partial charge in [-0.2, -0.15) is 0 Å². The first kappa shape index (κ1) is 12.2. The number of nitrogens with one attached hydrogen (secondary N) is 1. The molecule has 0 radical (unpaired) electrons. The maximum absolute atomic E-state index is 11.7. The summed E-state index contributed by atoms with van der Waals surface area (Å²) in [4.78, 5) is 0. The van der Waals surface area contributed by atoms with E-state index in [0.29, 0.717) is 18.2 Å². The molecule has 0 spiro atoms. The smallest absolute Gasteiger partial charge is 0.154 e. The summed E-state index contributed by atoms with van der Waals surface area (Å²) in [6.45, 7) is 1.53. The molecular weight excluding hydrogens is 246 g/mol. The van der Waals surface area contributed by atoms with E-state index >= 15 is 0 Å². The highest BCUT2D eigenvalue weighted by Gasteiger charge is 2.31. The van der Waals surface area contributed by atoms with Crippen LogP contribution in [-0.2, 0) is 16.3 Å². The predicted octanol–water partition coefficient (Wildman–Crippen LogP) is 1.49. The first-order valence-electron chi connectivity index (χ1n) is 6.67. The maximum Gasteiger partial charge on any atom is 0.154 e. The summed E-state index contributed by atoms with van der Waals surface area (Å²) >= 11 is 0. The number of benzene rings is 1. The van der Waals surface area contributed by atoms with Crippen molar-refractivity contribution < 1.29 is 8.42 Å². The van der Waals surface area contributed by atoms with Gasteiger partial charge in [0.1, 0.15) is 0 Å². The summed E-state index contributed by atoms with van der Waals surface area (Å²) in [7, 11) is -2.80. The van der Waals surface area contributed by atoms with E-state index in [9.17, 15) is 8.42 Å². The van der Waals surface area contributed by atoms with Crippen LogP contribution in [-0.4, -0.2) is 32.5 Å². The summed E-state index contributed by atoms with van der Waals surface area (Å²) in [5.41, 5.74) is 2.87. The lowest BCUT2D eigenvalue weighted by atomic mass is 9.77. The summed E-state index contributed by atoms with van der Waals surface area (Å²) < 4.78 is 23.4. The Morgan fingerprint density at radius 3 is 2.78 bits per heavy atom. The standard InChI is InChI=1S/C14H19NO2S/c16-18(17)7-3-5-13(18)10-15-9-12-8-11-4-1-2-6-14(11)12/h1-2,4,6,12-13,15H,3,5,7-10H2. The van der Waals surface area contributed by atoms with Crippen LogP contribution in [0.15, 0.2) is 24.3 Å². The molecule has 2 unspecified atom stereocenters. The largest absolute Gasteiger partial charge is 0.315 e. The molecule has 0 aromatic heterocycles. The quantitative estimate of drug-likeness (QED) is 0.897. The zero-order valence-electron chi connectivity index (χ0n) is 10.4. The van der Waals surface area contributed by atoms with Crippen LogP contribution in [0.2, 0.25) is 0 Å². The normalized spacial score (nSPS) is 28.7. The van der Waals surface area contributed by atoms with Crippen molar-refractivity contribution in [2.24, 2.45) is 0 Å². The Kier molecular flexibility index (Phi) is 3.16. The highest BCUT2D eigenvalue weighted by atomic mass is 32.2. The van der Waals surface area contributed by atoms with Crippen LogP contribution in [0.5, 0.6) is 0 Å². The van der Waals surface area contributed by atoms with E-state index < -0.39 is 9.84 Å². The van der Waals surface area contributed by atoms with Crippen molar-refractivity contribution in [3.8, 4) is 0 Å². The molecule has 0 saturated carbocycles. The van der Waals surface area contributed by atoms with E-state index in [2.05, 4.69) is 29.6 Å². The van der Waals surface area contributed by atoms with Gasteiger partial charge < -0.3 is 5.32 Å². The molecule has 3 rings (SSSR count). The van der Waals surface area contributed by atoms with Gasteiger partial charge in [-0.25, -0.2) is 8.42 Å². The lowest BCUT2D eigenvalue weighted by Crippen LogP contribution is -2.35. The third-order valence-corrected chi connectivity index (χ3v) is 6.46. The van der Waals surface area contributed by atoms with Crippen molar-refractivity contribution in [2.75, 3.05) is 18.8 Å². The third kappa shape index (κ3) is 2.19. The van der Waals surface area contributed by atoms with Crippen molar-refractivity contribution in [1.82, 2.24) is 5.32 Å². The monoisotopic (exact) mass is 265 g/mol. The Morgan fingerprint density at radius 2 is 2.06 bits per heavy atom. The molecule has 1 saturated heterocycles. The first-order chi connectivity index (χ1) is 8.67. The van der Waals surface area contributed by atoms with Crippen LogP contribution in [0.3, 0.4) is 0 Å². The van der Waals surface area contributed by atoms with Gasteiger partial charge in [0.05, 0.1) is 11.0 Å². The Balaban J connectivity index is 1.50. The lowest BCUT2D eigenvalue weighted by Gasteiger charge is -2.30. The van der Waals surface area contributed by atoms with Crippen molar-refractivity contribution in [2.45, 2.75) is 30.4 Å². The van der Waals surface area contributed by atoms with Crippen molar-refractivity contribution >= 4 is 9.84 Å². The lowest BCUT2D eigenvalue weighted by molar-refractivity contribution is 0.521. The van der Waals surface area contributed by atoms with Crippen molar-refractivity contribution in [3.05, 3.63) is 35.4 Å². The Morgan fingerprint density at radius 1 is 1.22 bits per heavy atom. The molecule has 18 heavy (non-hydrogen) atoms. The van der Waals surface area contributed by atoms with E-state index in [1.54, 1.807) is 0 Å². The topological polar surface area (TPSA) is 46.2 Å². The SMILES string of the molecule is O=S1(=O)CCCC1CNCC1Cc2ccccc21. The second kappa shape index (κ2) is 4.67. The first-order valence-corrected chi connectivity index (χ1v) is 8.38. The minimum absolute atomic E-state index is 0.146. The van der Waals surface area contributed by atoms with E-state index in [0.717, 1.165) is 25.8 Å². The van der Waals surface area contributed by atoms with Crippen LogP contribution < -0.4 is 5.32 Å². The minimum atomic E-state index is -2.80. The Labute approximate surface area is 109 Å². The number of fused-ring (bicyclic) bond motifs is 1. The zero-order chi connectivity index (χ0) is 12.6. The van der Waals surface area contributed by atoms with Gasteiger partial charge in [-0.05, 0) is 30.4 Å². The maximum atomic E-state index is 11.7. The molecule has 0 amide bonds. The van der Waals surface area contributed by atoms with Crippen molar-refractivity contribution in [3.63, 3.8) is 0 Å². The second-order valence-corrected chi connectivity index (χ2v) is 7.79.